The van der Waals surface area contributed by atoms with Crippen LogP contribution in [0.15, 0.2) is 12.4 Å². The summed E-state index contributed by atoms with van der Waals surface area (Å²) in [5.74, 6) is 0.283. The highest BCUT2D eigenvalue weighted by Crippen LogP contribution is 2.06. The van der Waals surface area contributed by atoms with Gasteiger partial charge in [-0.3, -0.25) is 9.59 Å². The normalized spacial score (nSPS) is 19.4. The first kappa shape index (κ1) is 13.5. The largest absolute Gasteiger partial charge is 0.354 e. The van der Waals surface area contributed by atoms with Gasteiger partial charge in [0.25, 0.3) is 5.91 Å². The maximum Gasteiger partial charge on any atom is 0.255 e. The molecule has 19 heavy (non-hydrogen) atoms. The van der Waals surface area contributed by atoms with Gasteiger partial charge in [-0.2, -0.15) is 0 Å². The zero-order valence-electron chi connectivity index (χ0n) is 11.0. The Bertz CT molecular complexity index is 458. The maximum atomic E-state index is 12.0. The highest BCUT2D eigenvalue weighted by Gasteiger charge is 2.22. The molecule has 2 N–H and O–H groups in total. The van der Waals surface area contributed by atoms with Gasteiger partial charge in [-0.25, -0.2) is 9.97 Å². The van der Waals surface area contributed by atoms with Gasteiger partial charge in [-0.1, -0.05) is 6.92 Å². The molecule has 0 saturated carbocycles. The zero-order chi connectivity index (χ0) is 13.7. The van der Waals surface area contributed by atoms with Gasteiger partial charge in [0, 0.05) is 25.4 Å². The summed E-state index contributed by atoms with van der Waals surface area (Å²) in [6.07, 6.45) is 6.27. The second-order valence-corrected chi connectivity index (χ2v) is 4.55. The zero-order valence-corrected chi connectivity index (χ0v) is 11.0. The Morgan fingerprint density at radius 3 is 2.84 bits per heavy atom. The second-order valence-electron chi connectivity index (χ2n) is 4.55. The van der Waals surface area contributed by atoms with Gasteiger partial charge in [0.05, 0.1) is 5.56 Å². The lowest BCUT2D eigenvalue weighted by Gasteiger charge is -2.14. The molecule has 1 fully saturated rings. The van der Waals surface area contributed by atoms with E-state index in [9.17, 15) is 9.59 Å². The number of nitrogens with one attached hydrogen (secondary N) is 2. The predicted octanol–water partition coefficient (Wildman–Crippen LogP) is 0.437. The summed E-state index contributed by atoms with van der Waals surface area (Å²) in [7, 11) is 0. The highest BCUT2D eigenvalue weighted by molar-refractivity contribution is 5.97. The van der Waals surface area contributed by atoms with Gasteiger partial charge >= 0.3 is 0 Å². The van der Waals surface area contributed by atoms with Crippen LogP contribution in [0.4, 0.5) is 0 Å². The van der Waals surface area contributed by atoms with Gasteiger partial charge in [0.15, 0.2) is 0 Å². The average Bonchev–Trinajstić information content (AvgIpc) is 2.64. The molecule has 1 aromatic rings. The van der Waals surface area contributed by atoms with Crippen molar-refractivity contribution in [2.45, 2.75) is 38.6 Å². The molecule has 6 heteroatoms. The minimum atomic E-state index is -0.458. The molecule has 1 aliphatic heterocycles. The van der Waals surface area contributed by atoms with E-state index in [0.29, 0.717) is 24.4 Å². The van der Waals surface area contributed by atoms with Gasteiger partial charge in [-0.15, -0.1) is 0 Å². The Balaban J connectivity index is 2.00. The smallest absolute Gasteiger partial charge is 0.255 e. The van der Waals surface area contributed by atoms with Crippen LogP contribution in [0.25, 0.3) is 0 Å². The van der Waals surface area contributed by atoms with Crippen LogP contribution in [0.5, 0.6) is 0 Å². The average molecular weight is 262 g/mol. The molecule has 0 radical (unpaired) electrons. The summed E-state index contributed by atoms with van der Waals surface area (Å²) < 4.78 is 0. The van der Waals surface area contributed by atoms with Crippen molar-refractivity contribution in [1.29, 1.82) is 0 Å². The molecule has 1 aliphatic rings. The van der Waals surface area contributed by atoms with Gasteiger partial charge in [0.2, 0.25) is 5.91 Å². The third-order valence-corrected chi connectivity index (χ3v) is 3.12. The molecule has 0 unspecified atom stereocenters. The number of nitrogens with zero attached hydrogens (tertiary/aromatic N) is 2. The summed E-state index contributed by atoms with van der Waals surface area (Å²) in [5, 5.41) is 5.52. The number of amides is 2. The van der Waals surface area contributed by atoms with Crippen LogP contribution in [0, 0.1) is 0 Å². The molecule has 1 aromatic heterocycles. The van der Waals surface area contributed by atoms with Crippen LogP contribution in [-0.2, 0) is 11.2 Å². The third-order valence-electron chi connectivity index (χ3n) is 3.12. The lowest BCUT2D eigenvalue weighted by molar-refractivity contribution is -0.122. The SMILES string of the molecule is CCc1ncc(C(=O)N[C@@H]2CCCCNC2=O)cn1. The van der Waals surface area contributed by atoms with Crippen molar-refractivity contribution >= 4 is 11.8 Å². The third kappa shape index (κ3) is 3.49. The maximum absolute atomic E-state index is 12.0. The first-order chi connectivity index (χ1) is 9.20. The molecule has 1 saturated heterocycles. The molecule has 0 aromatic carbocycles. The molecule has 2 rings (SSSR count). The van der Waals surface area contributed by atoms with Crippen LogP contribution >= 0.6 is 0 Å². The minimum absolute atomic E-state index is 0.114. The molecule has 2 amide bonds. The van der Waals surface area contributed by atoms with E-state index in [4.69, 9.17) is 0 Å². The number of hydrogen-bond donors (Lipinski definition) is 2. The fourth-order valence-electron chi connectivity index (χ4n) is 1.97. The van der Waals surface area contributed by atoms with Crippen LogP contribution in [0.3, 0.4) is 0 Å². The number of aromatic nitrogens is 2. The Morgan fingerprint density at radius 1 is 1.42 bits per heavy atom. The number of carbonyl (C=O) groups is 2. The topological polar surface area (TPSA) is 84.0 Å². The summed E-state index contributed by atoms with van der Waals surface area (Å²) in [6, 6.07) is -0.458. The van der Waals surface area contributed by atoms with Crippen molar-refractivity contribution in [1.82, 2.24) is 20.6 Å². The van der Waals surface area contributed by atoms with Crippen LogP contribution < -0.4 is 10.6 Å². The number of hydrogen-bond acceptors (Lipinski definition) is 4. The minimum Gasteiger partial charge on any atom is -0.354 e. The van der Waals surface area contributed by atoms with Crippen molar-refractivity contribution in [3.8, 4) is 0 Å². The summed E-state index contributed by atoms with van der Waals surface area (Å²) in [4.78, 5) is 31.9. The molecule has 6 nitrogen and oxygen atoms in total. The molecule has 0 spiro atoms. The molecule has 2 heterocycles. The molecule has 102 valence electrons. The van der Waals surface area contributed by atoms with Gasteiger partial charge in [-0.05, 0) is 19.3 Å². The summed E-state index contributed by atoms with van der Waals surface area (Å²) in [6.45, 7) is 2.63. The van der Waals surface area contributed by atoms with Gasteiger partial charge in [0.1, 0.15) is 11.9 Å². The summed E-state index contributed by atoms with van der Waals surface area (Å²) >= 11 is 0. The van der Waals surface area contributed by atoms with Crippen LogP contribution in [0.2, 0.25) is 0 Å². The van der Waals surface area contributed by atoms with E-state index >= 15 is 0 Å². The quantitative estimate of drug-likeness (QED) is 0.827. The Labute approximate surface area is 112 Å². The highest BCUT2D eigenvalue weighted by atomic mass is 16.2. The van der Waals surface area contributed by atoms with Crippen molar-refractivity contribution in [2.24, 2.45) is 0 Å². The standard InChI is InChI=1S/C13H18N4O2/c1-2-11-15-7-9(8-16-11)12(18)17-10-5-3-4-6-14-13(10)19/h7-8,10H,2-6H2,1H3,(H,14,19)(H,17,18)/t10-/m1/s1. The number of carbonyl (C=O) groups excluding carboxylic acids is 2. The van der Waals surface area contributed by atoms with Crippen molar-refractivity contribution < 1.29 is 9.59 Å². The van der Waals surface area contributed by atoms with Crippen molar-refractivity contribution in [3.05, 3.63) is 23.8 Å². The van der Waals surface area contributed by atoms with Crippen molar-refractivity contribution in [3.63, 3.8) is 0 Å². The van der Waals surface area contributed by atoms with Gasteiger partial charge < -0.3 is 10.6 Å². The lowest BCUT2D eigenvalue weighted by Crippen LogP contribution is -2.45. The van der Waals surface area contributed by atoms with E-state index in [2.05, 4.69) is 20.6 Å². The van der Waals surface area contributed by atoms with E-state index in [0.717, 1.165) is 19.3 Å². The van der Waals surface area contributed by atoms with Crippen molar-refractivity contribution in [2.75, 3.05) is 6.54 Å². The van der Waals surface area contributed by atoms with E-state index in [-0.39, 0.29) is 11.8 Å². The Kier molecular flexibility index (Phi) is 4.43. The molecular weight excluding hydrogens is 244 g/mol. The van der Waals surface area contributed by atoms with E-state index in [1.54, 1.807) is 0 Å². The molecule has 1 atom stereocenters. The first-order valence-electron chi connectivity index (χ1n) is 6.60. The predicted molar refractivity (Wildman–Crippen MR) is 69.5 cm³/mol. The van der Waals surface area contributed by atoms with Crippen LogP contribution in [0.1, 0.15) is 42.4 Å². The van der Waals surface area contributed by atoms with Crippen LogP contribution in [-0.4, -0.2) is 34.4 Å². The van der Waals surface area contributed by atoms with E-state index in [1.165, 1.54) is 12.4 Å². The monoisotopic (exact) mass is 262 g/mol. The second kappa shape index (κ2) is 6.26. The number of aryl methyl sites for hydroxylation is 1. The molecular formula is C13H18N4O2. The molecule has 0 aliphatic carbocycles. The summed E-state index contributed by atoms with van der Waals surface area (Å²) in [5.41, 5.74) is 0.384. The Morgan fingerprint density at radius 2 is 2.16 bits per heavy atom. The van der Waals surface area contributed by atoms with E-state index in [1.807, 2.05) is 6.92 Å². The fraction of sp³-hybridized carbons (Fsp3) is 0.538. The number of rotatable bonds is 3. The molecule has 0 bridgehead atoms. The van der Waals surface area contributed by atoms with E-state index < -0.39 is 6.04 Å². The lowest BCUT2D eigenvalue weighted by atomic mass is 10.1. The fourth-order valence-corrected chi connectivity index (χ4v) is 1.97. The Hall–Kier alpha value is -1.98. The first-order valence-corrected chi connectivity index (χ1v) is 6.60.